The Labute approximate surface area is 96.5 Å². The van der Waals surface area contributed by atoms with E-state index >= 15 is 0 Å². The molecule has 0 aromatic carbocycles. The molecule has 0 aliphatic carbocycles. The molecule has 0 amide bonds. The molecule has 4 heteroatoms. The standard InChI is InChI=1S/C10H16N2S2/c1-11-5-3-7(9(11)13)8-4-6-12(2)10(8)14/h13-14H,3-6H2,1-2H3. The second kappa shape index (κ2) is 3.74. The number of rotatable bonds is 1. The molecule has 2 nitrogen and oxygen atoms in total. The van der Waals surface area contributed by atoms with Crippen molar-refractivity contribution in [2.45, 2.75) is 12.8 Å². The van der Waals surface area contributed by atoms with Crippen LogP contribution in [0.5, 0.6) is 0 Å². The molecule has 0 unspecified atom stereocenters. The monoisotopic (exact) mass is 228 g/mol. The van der Waals surface area contributed by atoms with Gasteiger partial charge in [-0.3, -0.25) is 0 Å². The van der Waals surface area contributed by atoms with Gasteiger partial charge in [0.2, 0.25) is 0 Å². The van der Waals surface area contributed by atoms with E-state index in [0.717, 1.165) is 36.0 Å². The quantitative estimate of drug-likeness (QED) is 0.662. The zero-order chi connectivity index (χ0) is 10.3. The van der Waals surface area contributed by atoms with Gasteiger partial charge in [-0.25, -0.2) is 0 Å². The summed E-state index contributed by atoms with van der Waals surface area (Å²) in [6.45, 7) is 2.17. The molecule has 0 N–H and O–H groups in total. The Bertz CT molecular complexity index is 288. The third-order valence-electron chi connectivity index (χ3n) is 3.02. The number of hydrogen-bond donors (Lipinski definition) is 2. The average molecular weight is 228 g/mol. The molecule has 0 saturated carbocycles. The Morgan fingerprint density at radius 3 is 1.43 bits per heavy atom. The van der Waals surface area contributed by atoms with Crippen LogP contribution in [0, 0.1) is 0 Å². The third-order valence-corrected chi connectivity index (χ3v) is 4.24. The maximum Gasteiger partial charge on any atom is 0.0710 e. The van der Waals surface area contributed by atoms with Crippen molar-refractivity contribution >= 4 is 25.3 Å². The van der Waals surface area contributed by atoms with E-state index < -0.39 is 0 Å². The number of nitrogens with zero attached hydrogens (tertiary/aromatic N) is 2. The molecule has 0 spiro atoms. The van der Waals surface area contributed by atoms with Crippen LogP contribution in [0.4, 0.5) is 0 Å². The Hall–Kier alpha value is -0.220. The summed E-state index contributed by atoms with van der Waals surface area (Å²) < 4.78 is 0. The molecular formula is C10H16N2S2. The minimum Gasteiger partial charge on any atom is -0.369 e. The lowest BCUT2D eigenvalue weighted by atomic mass is 10.1. The summed E-state index contributed by atoms with van der Waals surface area (Å²) in [6, 6.07) is 0. The van der Waals surface area contributed by atoms with Gasteiger partial charge >= 0.3 is 0 Å². The maximum absolute atomic E-state index is 4.55. The lowest BCUT2D eigenvalue weighted by Gasteiger charge is -2.12. The molecule has 0 saturated heterocycles. The molecule has 2 aliphatic heterocycles. The van der Waals surface area contributed by atoms with Gasteiger partial charge in [0.15, 0.2) is 0 Å². The first kappa shape index (κ1) is 10.3. The van der Waals surface area contributed by atoms with Crippen molar-refractivity contribution < 1.29 is 0 Å². The van der Waals surface area contributed by atoms with Crippen LogP contribution >= 0.6 is 25.3 Å². The SMILES string of the molecule is CN1CCC(C2=C(S)N(C)CC2)=C1S. The molecule has 0 aromatic rings. The molecular weight excluding hydrogens is 212 g/mol. The van der Waals surface area contributed by atoms with Gasteiger partial charge in [0.25, 0.3) is 0 Å². The first-order valence-corrected chi connectivity index (χ1v) is 5.77. The van der Waals surface area contributed by atoms with Gasteiger partial charge in [-0.05, 0) is 24.0 Å². The second-order valence-electron chi connectivity index (χ2n) is 3.95. The lowest BCUT2D eigenvalue weighted by Crippen LogP contribution is -2.09. The van der Waals surface area contributed by atoms with Gasteiger partial charge in [0, 0.05) is 27.2 Å². The summed E-state index contributed by atoms with van der Waals surface area (Å²) in [5, 5.41) is 2.25. The summed E-state index contributed by atoms with van der Waals surface area (Å²) in [5.41, 5.74) is 2.79. The Morgan fingerprint density at radius 1 is 0.857 bits per heavy atom. The van der Waals surface area contributed by atoms with Crippen LogP contribution in [-0.2, 0) is 0 Å². The highest BCUT2D eigenvalue weighted by Crippen LogP contribution is 2.37. The van der Waals surface area contributed by atoms with Crippen molar-refractivity contribution in [3.63, 3.8) is 0 Å². The molecule has 2 heterocycles. The van der Waals surface area contributed by atoms with Gasteiger partial charge in [0.1, 0.15) is 0 Å². The zero-order valence-corrected chi connectivity index (χ0v) is 10.4. The van der Waals surface area contributed by atoms with Crippen molar-refractivity contribution in [2.75, 3.05) is 27.2 Å². The maximum atomic E-state index is 4.55. The summed E-state index contributed by atoms with van der Waals surface area (Å²) in [7, 11) is 4.18. The summed E-state index contributed by atoms with van der Waals surface area (Å²) in [4.78, 5) is 4.40. The predicted molar refractivity (Wildman–Crippen MR) is 66.5 cm³/mol. The van der Waals surface area contributed by atoms with Gasteiger partial charge < -0.3 is 9.80 Å². The van der Waals surface area contributed by atoms with Crippen LogP contribution in [-0.4, -0.2) is 37.0 Å². The predicted octanol–water partition coefficient (Wildman–Crippen LogP) is 1.94. The van der Waals surface area contributed by atoms with Crippen molar-refractivity contribution in [2.24, 2.45) is 0 Å². The van der Waals surface area contributed by atoms with Crippen molar-refractivity contribution in [1.29, 1.82) is 0 Å². The fourth-order valence-corrected chi connectivity index (χ4v) is 2.72. The Kier molecular flexibility index (Phi) is 2.75. The molecule has 0 atom stereocenters. The first-order valence-electron chi connectivity index (χ1n) is 4.88. The van der Waals surface area contributed by atoms with E-state index in [4.69, 9.17) is 0 Å². The normalized spacial score (nSPS) is 23.1. The second-order valence-corrected chi connectivity index (χ2v) is 4.79. The van der Waals surface area contributed by atoms with Gasteiger partial charge in [-0.2, -0.15) is 0 Å². The summed E-state index contributed by atoms with van der Waals surface area (Å²) in [6.07, 6.45) is 2.23. The highest BCUT2D eigenvalue weighted by Gasteiger charge is 2.25. The van der Waals surface area contributed by atoms with E-state index in [-0.39, 0.29) is 0 Å². The van der Waals surface area contributed by atoms with Gasteiger partial charge in [0.05, 0.1) is 10.1 Å². The Morgan fingerprint density at radius 2 is 1.21 bits per heavy atom. The lowest BCUT2D eigenvalue weighted by molar-refractivity contribution is 0.487. The van der Waals surface area contributed by atoms with E-state index in [1.807, 2.05) is 0 Å². The van der Waals surface area contributed by atoms with Crippen LogP contribution in [0.15, 0.2) is 21.2 Å². The van der Waals surface area contributed by atoms with E-state index in [1.54, 1.807) is 0 Å². The van der Waals surface area contributed by atoms with Gasteiger partial charge in [-0.1, -0.05) is 0 Å². The molecule has 0 bridgehead atoms. The topological polar surface area (TPSA) is 6.48 Å². The summed E-state index contributed by atoms with van der Waals surface area (Å²) in [5.74, 6) is 0. The minimum absolute atomic E-state index is 1.09. The van der Waals surface area contributed by atoms with Crippen LogP contribution in [0.2, 0.25) is 0 Å². The fraction of sp³-hybridized carbons (Fsp3) is 0.600. The summed E-state index contributed by atoms with van der Waals surface area (Å²) >= 11 is 9.09. The van der Waals surface area contributed by atoms with Gasteiger partial charge in [-0.15, -0.1) is 25.3 Å². The average Bonchev–Trinajstić information content (AvgIpc) is 2.63. The fourth-order valence-electron chi connectivity index (χ4n) is 2.03. The molecule has 78 valence electrons. The molecule has 0 radical (unpaired) electrons. The van der Waals surface area contributed by atoms with E-state index in [9.17, 15) is 0 Å². The molecule has 14 heavy (non-hydrogen) atoms. The number of hydrogen-bond acceptors (Lipinski definition) is 4. The van der Waals surface area contributed by atoms with Crippen LogP contribution < -0.4 is 0 Å². The highest BCUT2D eigenvalue weighted by molar-refractivity contribution is 7.84. The molecule has 2 aliphatic rings. The van der Waals surface area contributed by atoms with E-state index in [1.165, 1.54) is 11.1 Å². The minimum atomic E-state index is 1.09. The Balaban J connectivity index is 2.33. The smallest absolute Gasteiger partial charge is 0.0710 e. The van der Waals surface area contributed by atoms with Crippen molar-refractivity contribution in [3.05, 3.63) is 21.2 Å². The van der Waals surface area contributed by atoms with Crippen molar-refractivity contribution in [3.8, 4) is 0 Å². The van der Waals surface area contributed by atoms with Crippen molar-refractivity contribution in [1.82, 2.24) is 9.80 Å². The van der Waals surface area contributed by atoms with Crippen LogP contribution in [0.25, 0.3) is 0 Å². The first-order chi connectivity index (χ1) is 6.61. The third kappa shape index (κ3) is 1.54. The molecule has 0 fully saturated rings. The van der Waals surface area contributed by atoms with Crippen LogP contribution in [0.1, 0.15) is 12.8 Å². The van der Waals surface area contributed by atoms with E-state index in [2.05, 4.69) is 49.2 Å². The zero-order valence-electron chi connectivity index (χ0n) is 8.62. The highest BCUT2D eigenvalue weighted by atomic mass is 32.1. The number of thiol groups is 2. The van der Waals surface area contributed by atoms with E-state index in [0.29, 0.717) is 0 Å². The molecule has 2 rings (SSSR count). The molecule has 0 aromatic heterocycles. The van der Waals surface area contributed by atoms with Crippen LogP contribution in [0.3, 0.4) is 0 Å². The largest absolute Gasteiger partial charge is 0.369 e.